The van der Waals surface area contributed by atoms with E-state index >= 15 is 0 Å². The third-order valence-electron chi connectivity index (χ3n) is 2.66. The minimum Gasteiger partial charge on any atom is -0.472 e. The summed E-state index contributed by atoms with van der Waals surface area (Å²) in [6, 6.07) is 1.88. The summed E-state index contributed by atoms with van der Waals surface area (Å²) in [6.07, 6.45) is 8.29. The molecule has 8 heteroatoms. The number of halogens is 1. The van der Waals surface area contributed by atoms with Crippen molar-refractivity contribution in [2.45, 2.75) is 6.54 Å². The van der Waals surface area contributed by atoms with Crippen molar-refractivity contribution in [2.24, 2.45) is 0 Å². The molecule has 20 heavy (non-hydrogen) atoms. The second kappa shape index (κ2) is 5.30. The van der Waals surface area contributed by atoms with E-state index in [1.54, 1.807) is 35.8 Å². The first-order chi connectivity index (χ1) is 9.72. The van der Waals surface area contributed by atoms with E-state index in [0.29, 0.717) is 18.4 Å². The van der Waals surface area contributed by atoms with Gasteiger partial charge in [-0.3, -0.25) is 4.57 Å². The molecule has 7 nitrogen and oxygen atoms in total. The highest BCUT2D eigenvalue weighted by Gasteiger charge is 2.11. The Kier molecular flexibility index (Phi) is 3.34. The summed E-state index contributed by atoms with van der Waals surface area (Å²) < 4.78 is 6.71. The molecule has 0 aromatic carbocycles. The summed E-state index contributed by atoms with van der Waals surface area (Å²) in [5, 5.41) is 0.137. The van der Waals surface area contributed by atoms with Crippen LogP contribution in [0.15, 0.2) is 41.7 Å². The molecule has 0 saturated heterocycles. The van der Waals surface area contributed by atoms with E-state index in [1.165, 1.54) is 0 Å². The standard InChI is InChI=1S/C12H11ClN6O/c1-18(6-9-2-5-20-7-9)11-15-10(13)16-12(17-11)19-4-3-14-8-19/h2-5,7-8H,6H2,1H3. The highest BCUT2D eigenvalue weighted by Crippen LogP contribution is 2.14. The van der Waals surface area contributed by atoms with E-state index in [9.17, 15) is 0 Å². The van der Waals surface area contributed by atoms with E-state index in [1.807, 2.05) is 18.0 Å². The number of hydrogen-bond donors (Lipinski definition) is 0. The van der Waals surface area contributed by atoms with Gasteiger partial charge in [-0.2, -0.15) is 15.0 Å². The van der Waals surface area contributed by atoms with Gasteiger partial charge in [0, 0.05) is 31.5 Å². The Morgan fingerprint density at radius 3 is 2.95 bits per heavy atom. The van der Waals surface area contributed by atoms with Gasteiger partial charge in [-0.25, -0.2) is 4.98 Å². The molecular formula is C12H11ClN6O. The van der Waals surface area contributed by atoms with Gasteiger partial charge in [0.2, 0.25) is 17.2 Å². The Morgan fingerprint density at radius 2 is 2.25 bits per heavy atom. The van der Waals surface area contributed by atoms with Gasteiger partial charge in [-0.1, -0.05) is 0 Å². The lowest BCUT2D eigenvalue weighted by molar-refractivity contribution is 0.563. The average Bonchev–Trinajstić information content (AvgIpc) is 3.11. The van der Waals surface area contributed by atoms with Crippen molar-refractivity contribution in [3.8, 4) is 5.95 Å². The van der Waals surface area contributed by atoms with Gasteiger partial charge in [0.1, 0.15) is 6.33 Å². The third-order valence-corrected chi connectivity index (χ3v) is 2.83. The lowest BCUT2D eigenvalue weighted by atomic mass is 10.3. The van der Waals surface area contributed by atoms with E-state index in [0.717, 1.165) is 5.56 Å². The van der Waals surface area contributed by atoms with Gasteiger partial charge in [0.15, 0.2) is 0 Å². The Morgan fingerprint density at radius 1 is 1.35 bits per heavy atom. The van der Waals surface area contributed by atoms with Crippen molar-refractivity contribution < 1.29 is 4.42 Å². The highest BCUT2D eigenvalue weighted by atomic mass is 35.5. The number of hydrogen-bond acceptors (Lipinski definition) is 6. The molecule has 0 unspecified atom stereocenters. The van der Waals surface area contributed by atoms with E-state index in [4.69, 9.17) is 16.0 Å². The monoisotopic (exact) mass is 290 g/mol. The number of imidazole rings is 1. The van der Waals surface area contributed by atoms with Crippen LogP contribution in [-0.4, -0.2) is 31.6 Å². The van der Waals surface area contributed by atoms with Crippen LogP contribution >= 0.6 is 11.6 Å². The Labute approximate surface area is 119 Å². The Balaban J connectivity index is 1.89. The molecule has 0 aliphatic carbocycles. The quantitative estimate of drug-likeness (QED) is 0.731. The molecule has 0 aliphatic rings. The summed E-state index contributed by atoms with van der Waals surface area (Å²) in [7, 11) is 1.87. The first-order valence-electron chi connectivity index (χ1n) is 5.84. The van der Waals surface area contributed by atoms with Crippen LogP contribution in [0, 0.1) is 0 Å². The molecule has 3 heterocycles. The zero-order chi connectivity index (χ0) is 13.9. The van der Waals surface area contributed by atoms with Crippen molar-refractivity contribution in [1.82, 2.24) is 24.5 Å². The molecule has 0 bridgehead atoms. The molecule has 3 aromatic heterocycles. The maximum absolute atomic E-state index is 5.95. The van der Waals surface area contributed by atoms with Crippen LogP contribution in [0.1, 0.15) is 5.56 Å². The summed E-state index contributed by atoms with van der Waals surface area (Å²) in [5.41, 5.74) is 1.02. The number of anilines is 1. The Hall–Kier alpha value is -2.41. The van der Waals surface area contributed by atoms with Crippen LogP contribution in [-0.2, 0) is 6.54 Å². The lowest BCUT2D eigenvalue weighted by Gasteiger charge is -2.16. The molecule has 0 atom stereocenters. The summed E-state index contributed by atoms with van der Waals surface area (Å²) in [6.45, 7) is 0.611. The summed E-state index contributed by atoms with van der Waals surface area (Å²) >= 11 is 5.95. The molecule has 3 aromatic rings. The van der Waals surface area contributed by atoms with Crippen molar-refractivity contribution in [3.05, 3.63) is 48.2 Å². The largest absolute Gasteiger partial charge is 0.472 e. The number of aromatic nitrogens is 5. The molecule has 0 radical (unpaired) electrons. The number of furan rings is 1. The maximum atomic E-state index is 5.95. The molecule has 0 N–H and O–H groups in total. The van der Waals surface area contributed by atoms with E-state index < -0.39 is 0 Å². The van der Waals surface area contributed by atoms with Crippen molar-refractivity contribution in [3.63, 3.8) is 0 Å². The van der Waals surface area contributed by atoms with Crippen LogP contribution < -0.4 is 4.90 Å². The predicted octanol–water partition coefficient (Wildman–Crippen LogP) is 1.94. The van der Waals surface area contributed by atoms with Crippen molar-refractivity contribution in [2.75, 3.05) is 11.9 Å². The zero-order valence-electron chi connectivity index (χ0n) is 10.6. The third kappa shape index (κ3) is 2.62. The first-order valence-corrected chi connectivity index (χ1v) is 6.22. The molecular weight excluding hydrogens is 280 g/mol. The smallest absolute Gasteiger partial charge is 0.241 e. The fourth-order valence-electron chi connectivity index (χ4n) is 1.72. The van der Waals surface area contributed by atoms with Crippen molar-refractivity contribution in [1.29, 1.82) is 0 Å². The highest BCUT2D eigenvalue weighted by molar-refractivity contribution is 6.28. The van der Waals surface area contributed by atoms with E-state index in [2.05, 4.69) is 19.9 Å². The maximum Gasteiger partial charge on any atom is 0.241 e. The fourth-order valence-corrected chi connectivity index (χ4v) is 1.87. The molecule has 0 saturated carbocycles. The Bertz CT molecular complexity index is 682. The molecule has 0 aliphatic heterocycles. The van der Waals surface area contributed by atoms with Crippen LogP contribution in [0.3, 0.4) is 0 Å². The predicted molar refractivity (Wildman–Crippen MR) is 72.8 cm³/mol. The minimum atomic E-state index is 0.137. The van der Waals surface area contributed by atoms with Gasteiger partial charge in [0.05, 0.1) is 12.5 Å². The van der Waals surface area contributed by atoms with Gasteiger partial charge in [0.25, 0.3) is 0 Å². The van der Waals surface area contributed by atoms with Crippen LogP contribution in [0.2, 0.25) is 5.28 Å². The molecule has 3 rings (SSSR count). The van der Waals surface area contributed by atoms with Crippen LogP contribution in [0.5, 0.6) is 0 Å². The topological polar surface area (TPSA) is 72.9 Å². The average molecular weight is 291 g/mol. The van der Waals surface area contributed by atoms with Crippen LogP contribution in [0.25, 0.3) is 5.95 Å². The SMILES string of the molecule is CN(Cc1ccoc1)c1nc(Cl)nc(-n2ccnc2)n1. The summed E-state index contributed by atoms with van der Waals surface area (Å²) in [4.78, 5) is 18.4. The number of rotatable bonds is 4. The second-order valence-corrected chi connectivity index (χ2v) is 4.50. The van der Waals surface area contributed by atoms with Gasteiger partial charge in [-0.05, 0) is 17.7 Å². The van der Waals surface area contributed by atoms with Crippen molar-refractivity contribution >= 4 is 17.5 Å². The lowest BCUT2D eigenvalue weighted by Crippen LogP contribution is -2.20. The molecule has 0 amide bonds. The molecule has 102 valence electrons. The number of nitrogens with zero attached hydrogens (tertiary/aromatic N) is 6. The van der Waals surface area contributed by atoms with Gasteiger partial charge in [-0.15, -0.1) is 0 Å². The molecule has 0 spiro atoms. The van der Waals surface area contributed by atoms with Crippen LogP contribution in [0.4, 0.5) is 5.95 Å². The van der Waals surface area contributed by atoms with Gasteiger partial charge >= 0.3 is 0 Å². The van der Waals surface area contributed by atoms with E-state index in [-0.39, 0.29) is 5.28 Å². The summed E-state index contributed by atoms with van der Waals surface area (Å²) in [5.74, 6) is 0.909. The normalized spacial score (nSPS) is 10.7. The minimum absolute atomic E-state index is 0.137. The zero-order valence-corrected chi connectivity index (χ0v) is 11.4. The second-order valence-electron chi connectivity index (χ2n) is 4.16. The first kappa shape index (κ1) is 12.6. The van der Waals surface area contributed by atoms with Gasteiger partial charge < -0.3 is 9.32 Å². The molecule has 0 fully saturated rings. The fraction of sp³-hybridized carbons (Fsp3) is 0.167.